The summed E-state index contributed by atoms with van der Waals surface area (Å²) in [6.45, 7) is 2.73. The molecule has 2 aliphatic rings. The zero-order valence-corrected chi connectivity index (χ0v) is 10.2. The van der Waals surface area contributed by atoms with Gasteiger partial charge in [-0.1, -0.05) is 24.3 Å². The van der Waals surface area contributed by atoms with E-state index in [1.165, 1.54) is 5.56 Å². The van der Waals surface area contributed by atoms with Gasteiger partial charge in [0.1, 0.15) is 11.9 Å². The maximum Gasteiger partial charge on any atom is 0.413 e. The van der Waals surface area contributed by atoms with Crippen LogP contribution in [0.15, 0.2) is 36.5 Å². The molecule has 1 amide bonds. The average molecular weight is 245 g/mol. The molecule has 0 saturated heterocycles. The van der Waals surface area contributed by atoms with E-state index in [0.29, 0.717) is 13.2 Å². The highest BCUT2D eigenvalue weighted by atomic mass is 16.6. The van der Waals surface area contributed by atoms with Crippen LogP contribution < -0.4 is 4.74 Å². The molecule has 0 aromatic heterocycles. The Labute approximate surface area is 106 Å². The number of hydrogen-bond acceptors (Lipinski definition) is 3. The summed E-state index contributed by atoms with van der Waals surface area (Å²) in [5.41, 5.74) is 1.20. The van der Waals surface area contributed by atoms with Crippen molar-refractivity contribution >= 4 is 6.09 Å². The number of carbonyl (C=O) groups excluding carboxylic acids is 1. The van der Waals surface area contributed by atoms with Crippen LogP contribution in [0.3, 0.4) is 0 Å². The molecular weight excluding hydrogens is 230 g/mol. The van der Waals surface area contributed by atoms with Crippen molar-refractivity contribution in [3.8, 4) is 5.75 Å². The number of nitrogens with zero attached hydrogens (tertiary/aromatic N) is 1. The SMILES string of the molecule is CCOC(=O)N1C=CC2c3ccccc3OC2C1. The number of benzene rings is 1. The maximum absolute atomic E-state index is 11.7. The summed E-state index contributed by atoms with van der Waals surface area (Å²) in [7, 11) is 0. The zero-order chi connectivity index (χ0) is 12.5. The Balaban J connectivity index is 1.80. The van der Waals surface area contributed by atoms with Gasteiger partial charge in [0.05, 0.1) is 13.2 Å². The smallest absolute Gasteiger partial charge is 0.413 e. The summed E-state index contributed by atoms with van der Waals surface area (Å²) in [5.74, 6) is 1.16. The molecular formula is C14H15NO3. The number of para-hydroxylation sites is 1. The molecule has 2 aliphatic heterocycles. The molecule has 0 saturated carbocycles. The molecule has 1 aromatic rings. The van der Waals surface area contributed by atoms with Crippen LogP contribution in [0.4, 0.5) is 4.79 Å². The van der Waals surface area contributed by atoms with E-state index in [4.69, 9.17) is 9.47 Å². The van der Waals surface area contributed by atoms with E-state index in [1.54, 1.807) is 18.0 Å². The van der Waals surface area contributed by atoms with Gasteiger partial charge in [-0.05, 0) is 13.0 Å². The van der Waals surface area contributed by atoms with Crippen LogP contribution in [0.2, 0.25) is 0 Å². The predicted molar refractivity (Wildman–Crippen MR) is 66.5 cm³/mol. The third-order valence-electron chi connectivity index (χ3n) is 3.31. The van der Waals surface area contributed by atoms with E-state index in [2.05, 4.69) is 6.07 Å². The molecule has 4 nitrogen and oxygen atoms in total. The summed E-state index contributed by atoms with van der Waals surface area (Å²) in [6, 6.07) is 8.01. The van der Waals surface area contributed by atoms with Gasteiger partial charge in [0.2, 0.25) is 0 Å². The molecule has 4 heteroatoms. The summed E-state index contributed by atoms with van der Waals surface area (Å²) in [6.07, 6.45) is 3.49. The minimum Gasteiger partial charge on any atom is -0.487 e. The van der Waals surface area contributed by atoms with Crippen molar-refractivity contribution in [3.63, 3.8) is 0 Å². The van der Waals surface area contributed by atoms with Crippen LogP contribution in [0.25, 0.3) is 0 Å². The highest BCUT2D eigenvalue weighted by Gasteiger charge is 2.37. The first-order chi connectivity index (χ1) is 8.79. The minimum absolute atomic E-state index is 0.00296. The molecule has 2 heterocycles. The normalized spacial score (nSPS) is 24.2. The van der Waals surface area contributed by atoms with E-state index < -0.39 is 0 Å². The van der Waals surface area contributed by atoms with Crippen LogP contribution in [0.1, 0.15) is 18.4 Å². The second-order valence-electron chi connectivity index (χ2n) is 4.41. The van der Waals surface area contributed by atoms with Gasteiger partial charge in [-0.3, -0.25) is 4.90 Å². The summed E-state index contributed by atoms with van der Waals surface area (Å²) >= 11 is 0. The van der Waals surface area contributed by atoms with Gasteiger partial charge in [-0.15, -0.1) is 0 Å². The lowest BCUT2D eigenvalue weighted by molar-refractivity contribution is 0.0990. The Morgan fingerprint density at radius 1 is 1.50 bits per heavy atom. The third-order valence-corrected chi connectivity index (χ3v) is 3.31. The van der Waals surface area contributed by atoms with E-state index in [0.717, 1.165) is 5.75 Å². The second-order valence-corrected chi connectivity index (χ2v) is 4.41. The molecule has 18 heavy (non-hydrogen) atoms. The van der Waals surface area contributed by atoms with E-state index in [9.17, 15) is 4.79 Å². The first-order valence-corrected chi connectivity index (χ1v) is 6.17. The van der Waals surface area contributed by atoms with Crippen molar-refractivity contribution in [1.82, 2.24) is 4.90 Å². The summed E-state index contributed by atoms with van der Waals surface area (Å²) in [5, 5.41) is 0. The van der Waals surface area contributed by atoms with Gasteiger partial charge in [0, 0.05) is 17.7 Å². The highest BCUT2D eigenvalue weighted by molar-refractivity contribution is 5.69. The van der Waals surface area contributed by atoms with Gasteiger partial charge in [0.25, 0.3) is 0 Å². The number of hydrogen-bond donors (Lipinski definition) is 0. The molecule has 2 atom stereocenters. The van der Waals surface area contributed by atoms with Crippen LogP contribution >= 0.6 is 0 Å². The largest absolute Gasteiger partial charge is 0.487 e. The van der Waals surface area contributed by atoms with Crippen molar-refractivity contribution in [1.29, 1.82) is 0 Å². The summed E-state index contributed by atoms with van der Waals surface area (Å²) in [4.78, 5) is 13.2. The fourth-order valence-electron chi connectivity index (χ4n) is 2.47. The Hall–Kier alpha value is -1.97. The third kappa shape index (κ3) is 1.74. The van der Waals surface area contributed by atoms with Gasteiger partial charge < -0.3 is 9.47 Å². The predicted octanol–water partition coefficient (Wildman–Crippen LogP) is 2.52. The minimum atomic E-state index is -0.313. The van der Waals surface area contributed by atoms with Crippen molar-refractivity contribution in [3.05, 3.63) is 42.1 Å². The van der Waals surface area contributed by atoms with Gasteiger partial charge in [0.15, 0.2) is 0 Å². The number of carbonyl (C=O) groups is 1. The molecule has 0 bridgehead atoms. The highest BCUT2D eigenvalue weighted by Crippen LogP contribution is 2.40. The molecule has 0 fully saturated rings. The first-order valence-electron chi connectivity index (χ1n) is 6.17. The zero-order valence-electron chi connectivity index (χ0n) is 10.2. The van der Waals surface area contributed by atoms with E-state index in [-0.39, 0.29) is 18.1 Å². The van der Waals surface area contributed by atoms with Crippen LogP contribution in [-0.2, 0) is 4.74 Å². The van der Waals surface area contributed by atoms with Crippen molar-refractivity contribution in [2.75, 3.05) is 13.2 Å². The van der Waals surface area contributed by atoms with Crippen molar-refractivity contribution in [2.45, 2.75) is 18.9 Å². The Kier molecular flexibility index (Phi) is 2.70. The molecule has 94 valence electrons. The van der Waals surface area contributed by atoms with Crippen LogP contribution in [0, 0.1) is 0 Å². The van der Waals surface area contributed by atoms with Crippen LogP contribution in [-0.4, -0.2) is 30.2 Å². The second kappa shape index (κ2) is 4.37. The fourth-order valence-corrected chi connectivity index (χ4v) is 2.47. The monoisotopic (exact) mass is 245 g/mol. The number of amides is 1. The Morgan fingerprint density at radius 3 is 3.17 bits per heavy atom. The van der Waals surface area contributed by atoms with E-state index in [1.807, 2.05) is 24.3 Å². The molecule has 0 spiro atoms. The molecule has 0 N–H and O–H groups in total. The molecule has 3 rings (SSSR count). The lowest BCUT2D eigenvalue weighted by Gasteiger charge is -2.28. The molecule has 0 aliphatic carbocycles. The quantitative estimate of drug-likeness (QED) is 0.763. The lowest BCUT2D eigenvalue weighted by atomic mass is 9.93. The van der Waals surface area contributed by atoms with E-state index >= 15 is 0 Å². The summed E-state index contributed by atoms with van der Waals surface area (Å²) < 4.78 is 10.9. The average Bonchev–Trinajstić information content (AvgIpc) is 2.76. The molecule has 0 radical (unpaired) electrons. The number of rotatable bonds is 1. The van der Waals surface area contributed by atoms with Crippen molar-refractivity contribution in [2.24, 2.45) is 0 Å². The Bertz CT molecular complexity index is 498. The van der Waals surface area contributed by atoms with Gasteiger partial charge in [-0.25, -0.2) is 4.79 Å². The molecule has 1 aromatic carbocycles. The van der Waals surface area contributed by atoms with Crippen LogP contribution in [0.5, 0.6) is 5.75 Å². The molecule has 2 unspecified atom stereocenters. The standard InChI is InChI=1S/C14H15NO3/c1-2-17-14(16)15-8-7-11-10-5-3-4-6-12(10)18-13(11)9-15/h3-8,11,13H,2,9H2,1H3. The maximum atomic E-state index is 11.7. The number of fused-ring (bicyclic) bond motifs is 3. The van der Waals surface area contributed by atoms with Gasteiger partial charge >= 0.3 is 6.09 Å². The number of ether oxygens (including phenoxy) is 2. The lowest BCUT2D eigenvalue weighted by Crippen LogP contribution is -2.40. The fraction of sp³-hybridized carbons (Fsp3) is 0.357. The van der Waals surface area contributed by atoms with Crippen molar-refractivity contribution < 1.29 is 14.3 Å². The topological polar surface area (TPSA) is 38.8 Å². The Morgan fingerprint density at radius 2 is 2.33 bits per heavy atom. The first kappa shape index (κ1) is 11.1. The van der Waals surface area contributed by atoms with Gasteiger partial charge in [-0.2, -0.15) is 0 Å².